The van der Waals surface area contributed by atoms with E-state index in [2.05, 4.69) is 19.1 Å². The third kappa shape index (κ3) is 3.85. The Morgan fingerprint density at radius 1 is 1.24 bits per heavy atom. The minimum absolute atomic E-state index is 0.149. The maximum absolute atomic E-state index is 12.5. The van der Waals surface area contributed by atoms with E-state index in [0.717, 1.165) is 50.4 Å². The first-order chi connectivity index (χ1) is 10.3. The van der Waals surface area contributed by atoms with Gasteiger partial charge in [0.1, 0.15) is 0 Å². The van der Waals surface area contributed by atoms with Crippen molar-refractivity contribution >= 4 is 5.91 Å². The fourth-order valence-corrected chi connectivity index (χ4v) is 2.89. The number of benzene rings is 1. The van der Waals surface area contributed by atoms with E-state index in [9.17, 15) is 4.79 Å². The van der Waals surface area contributed by atoms with Gasteiger partial charge in [0.25, 0.3) is 5.91 Å². The molecule has 3 nitrogen and oxygen atoms in total. The number of amides is 1. The van der Waals surface area contributed by atoms with Crippen molar-refractivity contribution in [3.8, 4) is 0 Å². The zero-order valence-electron chi connectivity index (χ0n) is 12.9. The Bertz CT molecular complexity index is 478. The van der Waals surface area contributed by atoms with Crippen LogP contribution in [0.1, 0.15) is 48.5 Å². The molecular weight excluding hydrogens is 262 g/mol. The Labute approximate surface area is 127 Å². The molecule has 0 aromatic heterocycles. The van der Waals surface area contributed by atoms with Crippen molar-refractivity contribution in [1.82, 2.24) is 4.90 Å². The molecule has 0 bridgehead atoms. The number of aryl methyl sites for hydroxylation is 1. The Hall–Kier alpha value is -1.35. The van der Waals surface area contributed by atoms with Crippen molar-refractivity contribution in [3.63, 3.8) is 0 Å². The lowest BCUT2D eigenvalue weighted by molar-refractivity contribution is 0.0480. The Balaban J connectivity index is 1.52. The number of rotatable bonds is 6. The molecule has 1 saturated heterocycles. The number of likely N-dealkylation sites (tertiary alicyclic amines) is 1. The molecule has 0 unspecified atom stereocenters. The van der Waals surface area contributed by atoms with Crippen LogP contribution in [0.25, 0.3) is 0 Å². The molecule has 21 heavy (non-hydrogen) atoms. The zero-order chi connectivity index (χ0) is 14.7. The SMILES string of the molecule is CCCc1ccc(C(=O)N2CC[C@@H](OCC3CC3)C2)cc1. The molecule has 0 radical (unpaired) electrons. The van der Waals surface area contributed by atoms with Crippen molar-refractivity contribution < 1.29 is 9.53 Å². The summed E-state index contributed by atoms with van der Waals surface area (Å²) in [4.78, 5) is 14.4. The quantitative estimate of drug-likeness (QED) is 0.803. The number of hydrogen-bond donors (Lipinski definition) is 0. The number of ether oxygens (including phenoxy) is 1. The van der Waals surface area contributed by atoms with Crippen molar-refractivity contribution in [1.29, 1.82) is 0 Å². The van der Waals surface area contributed by atoms with Crippen LogP contribution < -0.4 is 0 Å². The standard InChI is InChI=1S/C18H25NO2/c1-2-3-14-6-8-16(9-7-14)18(20)19-11-10-17(12-19)21-13-15-4-5-15/h6-9,15,17H,2-5,10-13H2,1H3/t17-/m1/s1. The lowest BCUT2D eigenvalue weighted by Gasteiger charge is -2.17. The Kier molecular flexibility index (Phi) is 4.59. The maximum atomic E-state index is 12.5. The molecule has 1 saturated carbocycles. The highest BCUT2D eigenvalue weighted by atomic mass is 16.5. The van der Waals surface area contributed by atoms with Gasteiger partial charge >= 0.3 is 0 Å². The van der Waals surface area contributed by atoms with Crippen LogP contribution in [-0.4, -0.2) is 36.6 Å². The number of carbonyl (C=O) groups is 1. The highest BCUT2D eigenvalue weighted by Crippen LogP contribution is 2.30. The van der Waals surface area contributed by atoms with Crippen LogP contribution in [0.4, 0.5) is 0 Å². The van der Waals surface area contributed by atoms with Gasteiger partial charge in [0.05, 0.1) is 6.10 Å². The van der Waals surface area contributed by atoms with Crippen LogP contribution in [0.3, 0.4) is 0 Å². The van der Waals surface area contributed by atoms with E-state index >= 15 is 0 Å². The molecular formula is C18H25NO2. The average Bonchev–Trinajstić information content (AvgIpc) is 3.22. The van der Waals surface area contributed by atoms with Gasteiger partial charge in [0, 0.05) is 25.3 Å². The van der Waals surface area contributed by atoms with Crippen LogP contribution in [-0.2, 0) is 11.2 Å². The molecule has 0 spiro atoms. The van der Waals surface area contributed by atoms with Crippen LogP contribution in [0.2, 0.25) is 0 Å². The molecule has 114 valence electrons. The van der Waals surface area contributed by atoms with Gasteiger partial charge in [0.15, 0.2) is 0 Å². The van der Waals surface area contributed by atoms with E-state index in [4.69, 9.17) is 4.74 Å². The normalized spacial score (nSPS) is 21.8. The van der Waals surface area contributed by atoms with Gasteiger partial charge in [-0.2, -0.15) is 0 Å². The average molecular weight is 287 g/mol. The van der Waals surface area contributed by atoms with Crippen LogP contribution >= 0.6 is 0 Å². The van der Waals surface area contributed by atoms with Gasteiger partial charge in [-0.25, -0.2) is 0 Å². The van der Waals surface area contributed by atoms with Gasteiger partial charge in [-0.3, -0.25) is 4.79 Å². The second-order valence-electron chi connectivity index (χ2n) is 6.39. The second-order valence-corrected chi connectivity index (χ2v) is 6.39. The first kappa shape index (κ1) is 14.6. The van der Waals surface area contributed by atoms with E-state index in [-0.39, 0.29) is 12.0 Å². The Morgan fingerprint density at radius 3 is 2.67 bits per heavy atom. The molecule has 2 fully saturated rings. The maximum Gasteiger partial charge on any atom is 0.253 e. The first-order valence-electron chi connectivity index (χ1n) is 8.26. The molecule has 3 heteroatoms. The molecule has 1 aliphatic heterocycles. The summed E-state index contributed by atoms with van der Waals surface area (Å²) in [5.74, 6) is 0.941. The topological polar surface area (TPSA) is 29.5 Å². The summed E-state index contributed by atoms with van der Waals surface area (Å²) in [5, 5.41) is 0. The number of nitrogens with zero attached hydrogens (tertiary/aromatic N) is 1. The molecule has 1 amide bonds. The lowest BCUT2D eigenvalue weighted by Crippen LogP contribution is -2.30. The van der Waals surface area contributed by atoms with Crippen molar-refractivity contribution in [2.75, 3.05) is 19.7 Å². The summed E-state index contributed by atoms with van der Waals surface area (Å²) < 4.78 is 5.90. The number of hydrogen-bond acceptors (Lipinski definition) is 2. The summed E-state index contributed by atoms with van der Waals surface area (Å²) >= 11 is 0. The minimum atomic E-state index is 0.149. The summed E-state index contributed by atoms with van der Waals surface area (Å²) in [6.07, 6.45) is 6.08. The van der Waals surface area contributed by atoms with Crippen molar-refractivity contribution in [2.24, 2.45) is 5.92 Å². The van der Waals surface area contributed by atoms with Gasteiger partial charge in [-0.15, -0.1) is 0 Å². The van der Waals surface area contributed by atoms with E-state index < -0.39 is 0 Å². The predicted molar refractivity (Wildman–Crippen MR) is 83.4 cm³/mol. The third-order valence-electron chi connectivity index (χ3n) is 4.44. The van der Waals surface area contributed by atoms with E-state index in [1.807, 2.05) is 17.0 Å². The Morgan fingerprint density at radius 2 is 2.00 bits per heavy atom. The van der Waals surface area contributed by atoms with E-state index in [1.165, 1.54) is 18.4 Å². The van der Waals surface area contributed by atoms with Crippen molar-refractivity contribution in [3.05, 3.63) is 35.4 Å². The van der Waals surface area contributed by atoms with Crippen LogP contribution in [0.15, 0.2) is 24.3 Å². The number of carbonyl (C=O) groups excluding carboxylic acids is 1. The molecule has 0 N–H and O–H groups in total. The van der Waals surface area contributed by atoms with Crippen LogP contribution in [0.5, 0.6) is 0 Å². The predicted octanol–water partition coefficient (Wildman–Crippen LogP) is 3.28. The third-order valence-corrected chi connectivity index (χ3v) is 4.44. The zero-order valence-corrected chi connectivity index (χ0v) is 12.9. The molecule has 1 heterocycles. The van der Waals surface area contributed by atoms with Gasteiger partial charge in [-0.05, 0) is 49.3 Å². The monoisotopic (exact) mass is 287 g/mol. The summed E-state index contributed by atoms with van der Waals surface area (Å²) in [6.45, 7) is 4.64. The highest BCUT2D eigenvalue weighted by molar-refractivity contribution is 5.94. The minimum Gasteiger partial charge on any atom is -0.376 e. The molecule has 3 rings (SSSR count). The van der Waals surface area contributed by atoms with Gasteiger partial charge in [-0.1, -0.05) is 25.5 Å². The van der Waals surface area contributed by atoms with Gasteiger partial charge < -0.3 is 9.64 Å². The first-order valence-corrected chi connectivity index (χ1v) is 8.26. The second kappa shape index (κ2) is 6.61. The molecule has 1 atom stereocenters. The smallest absolute Gasteiger partial charge is 0.253 e. The van der Waals surface area contributed by atoms with Crippen molar-refractivity contribution in [2.45, 2.75) is 45.1 Å². The van der Waals surface area contributed by atoms with Gasteiger partial charge in [0.2, 0.25) is 0 Å². The molecule has 1 aromatic carbocycles. The lowest BCUT2D eigenvalue weighted by atomic mass is 10.1. The largest absolute Gasteiger partial charge is 0.376 e. The van der Waals surface area contributed by atoms with E-state index in [1.54, 1.807) is 0 Å². The van der Waals surface area contributed by atoms with E-state index in [0.29, 0.717) is 0 Å². The fourth-order valence-electron chi connectivity index (χ4n) is 2.89. The summed E-state index contributed by atoms with van der Waals surface area (Å²) in [5.41, 5.74) is 2.11. The fraction of sp³-hybridized carbons (Fsp3) is 0.611. The molecule has 1 aliphatic carbocycles. The van der Waals surface area contributed by atoms with Crippen LogP contribution in [0, 0.1) is 5.92 Å². The highest BCUT2D eigenvalue weighted by Gasteiger charge is 2.29. The summed E-state index contributed by atoms with van der Waals surface area (Å²) in [6, 6.07) is 8.08. The molecule has 2 aliphatic rings. The molecule has 1 aromatic rings. The summed E-state index contributed by atoms with van der Waals surface area (Å²) in [7, 11) is 0.